The summed E-state index contributed by atoms with van der Waals surface area (Å²) >= 11 is 0. The number of amides is 1. The van der Waals surface area contributed by atoms with Gasteiger partial charge in [-0.15, -0.1) is 0 Å². The minimum atomic E-state index is -1.34. The topological polar surface area (TPSA) is 279 Å². The monoisotopic (exact) mass is 753 g/mol. The highest BCUT2D eigenvalue weighted by atomic mass is 19.1. The van der Waals surface area contributed by atoms with Crippen LogP contribution in [0.4, 0.5) is 14.5 Å². The predicted octanol–water partition coefficient (Wildman–Crippen LogP) is 2.42. The number of aromatic nitrogens is 4. The molecule has 54 heavy (non-hydrogen) atoms. The number of aromatic carboxylic acids is 1. The maximum Gasteiger partial charge on any atom is 0.336 e. The van der Waals surface area contributed by atoms with Crippen molar-refractivity contribution in [1.82, 2.24) is 19.1 Å². The van der Waals surface area contributed by atoms with E-state index in [0.29, 0.717) is 12.1 Å². The molecule has 17 nitrogen and oxygen atoms in total. The molecule has 19 heteroatoms. The lowest BCUT2D eigenvalue weighted by Gasteiger charge is -2.13. The largest absolute Gasteiger partial charge is 0.490 e. The molecule has 0 spiro atoms. The van der Waals surface area contributed by atoms with Gasteiger partial charge < -0.3 is 52.7 Å². The molecule has 0 saturated heterocycles. The van der Waals surface area contributed by atoms with E-state index in [2.05, 4.69) is 21.0 Å². The molecular weight excluding hydrogens is 712 g/mol. The molecule has 288 valence electrons. The summed E-state index contributed by atoms with van der Waals surface area (Å²) in [7, 11) is 2.50. The summed E-state index contributed by atoms with van der Waals surface area (Å²) in [5.41, 5.74) is 21.5. The van der Waals surface area contributed by atoms with E-state index in [4.69, 9.17) is 36.6 Å². The Bertz CT molecular complexity index is 1930. The van der Waals surface area contributed by atoms with Gasteiger partial charge in [0.05, 0.1) is 30.2 Å². The molecule has 4 aromatic rings. The average molecular weight is 754 g/mol. The first-order valence-corrected chi connectivity index (χ1v) is 15.3. The maximum atomic E-state index is 14.8. The standard InChI is InChI=1S/C32H30F2N8O6.CH5N.CH4O.CH2O/c33-23-15-22(32(45)46)20(3-1-4-29(36)41-9-7-38-18-41)13-27(23)47-11-2-12-48-28-14-21(17-43)26(16-24(28)34)40-31(44)25(35)5-6-30(37)42-10-8-39-19-42;3*1-2/h1,3-10,13-19H,2,11-12,35-37H2,(H,40,44)(H,45,46);2H2,1H3;2H,1H3;1H2/b3-1+,25-5-,29-4+,30-6+;;;. The van der Waals surface area contributed by atoms with Crippen LogP contribution >= 0.6 is 0 Å². The van der Waals surface area contributed by atoms with E-state index in [9.17, 15) is 28.3 Å². The zero-order chi connectivity index (χ0) is 40.6. The molecule has 1 amide bonds. The third kappa shape index (κ3) is 13.5. The Morgan fingerprint density at radius 3 is 1.87 bits per heavy atom. The molecule has 0 bridgehead atoms. The fourth-order valence-electron chi connectivity index (χ4n) is 4.00. The number of nitrogens with zero attached hydrogens (tertiary/aromatic N) is 4. The number of carbonyl (C=O) groups excluding carboxylic acids is 3. The van der Waals surface area contributed by atoms with Crippen molar-refractivity contribution >= 4 is 48.4 Å². The molecule has 0 atom stereocenters. The second-order valence-electron chi connectivity index (χ2n) is 9.77. The second kappa shape index (κ2) is 24.1. The van der Waals surface area contributed by atoms with Gasteiger partial charge in [-0.2, -0.15) is 0 Å². The van der Waals surface area contributed by atoms with Gasteiger partial charge in [-0.25, -0.2) is 23.5 Å². The molecule has 2 aromatic carbocycles. The number of hydrogen-bond donors (Lipinski definition) is 7. The highest BCUT2D eigenvalue weighted by Crippen LogP contribution is 2.27. The van der Waals surface area contributed by atoms with Crippen LogP contribution in [0.5, 0.6) is 11.5 Å². The smallest absolute Gasteiger partial charge is 0.336 e. The summed E-state index contributed by atoms with van der Waals surface area (Å²) in [5.74, 6) is -3.87. The van der Waals surface area contributed by atoms with E-state index in [1.807, 2.05) is 6.79 Å². The van der Waals surface area contributed by atoms with E-state index < -0.39 is 23.5 Å². The quantitative estimate of drug-likeness (QED) is 0.0398. The SMILES string of the molecule is C=O.CN.CO.N/C(=C\C=C(/N)n1ccnc1)C(=O)Nc1cc(F)c(OCCCOc2cc(/C=C/C=C(\N)n3ccnc3)c(C(=O)O)cc2F)cc1C=O. The highest BCUT2D eigenvalue weighted by Gasteiger charge is 2.16. The van der Waals surface area contributed by atoms with Crippen LogP contribution in [-0.2, 0) is 9.59 Å². The van der Waals surface area contributed by atoms with Crippen molar-refractivity contribution in [3.05, 3.63) is 120 Å². The molecule has 0 unspecified atom stereocenters. The lowest BCUT2D eigenvalue weighted by atomic mass is 10.1. The Labute approximate surface area is 308 Å². The van der Waals surface area contributed by atoms with E-state index in [-0.39, 0.29) is 65.0 Å². The third-order valence-corrected chi connectivity index (χ3v) is 6.46. The number of carboxylic acid groups (broad SMARTS) is 1. The summed E-state index contributed by atoms with van der Waals surface area (Å²) in [6.45, 7) is 1.82. The number of carbonyl (C=O) groups is 4. The number of rotatable bonds is 15. The fourth-order valence-corrected chi connectivity index (χ4v) is 4.00. The van der Waals surface area contributed by atoms with Crippen molar-refractivity contribution in [2.24, 2.45) is 22.9 Å². The van der Waals surface area contributed by atoms with Crippen LogP contribution in [0.1, 0.15) is 32.7 Å². The van der Waals surface area contributed by atoms with Gasteiger partial charge in [-0.05, 0) is 49.0 Å². The van der Waals surface area contributed by atoms with Gasteiger partial charge in [-0.1, -0.05) is 12.2 Å². The number of halogens is 2. The zero-order valence-electron chi connectivity index (χ0n) is 29.3. The van der Waals surface area contributed by atoms with Gasteiger partial charge in [0.2, 0.25) is 0 Å². The molecule has 11 N–H and O–H groups in total. The number of benzene rings is 2. The number of anilines is 1. The molecule has 0 aliphatic heterocycles. The number of aldehydes is 1. The number of ether oxygens (including phenoxy) is 2. The highest BCUT2D eigenvalue weighted by molar-refractivity contribution is 6.05. The number of nitrogens with one attached hydrogen (secondary N) is 1. The maximum absolute atomic E-state index is 14.8. The summed E-state index contributed by atoms with van der Waals surface area (Å²) in [5, 5.41) is 18.9. The van der Waals surface area contributed by atoms with Crippen molar-refractivity contribution in [3.8, 4) is 11.5 Å². The van der Waals surface area contributed by atoms with E-state index >= 15 is 0 Å². The fraction of sp³-hybridized carbons (Fsp3) is 0.143. The summed E-state index contributed by atoms with van der Waals surface area (Å²) in [6.07, 6.45) is 16.8. The molecule has 0 radical (unpaired) electrons. The van der Waals surface area contributed by atoms with Crippen LogP contribution in [0.3, 0.4) is 0 Å². The second-order valence-corrected chi connectivity index (χ2v) is 9.77. The Morgan fingerprint density at radius 2 is 1.37 bits per heavy atom. The Balaban J connectivity index is 0.00000231. The van der Waals surface area contributed by atoms with Crippen molar-refractivity contribution < 1.29 is 47.6 Å². The number of carboxylic acids is 1. The van der Waals surface area contributed by atoms with Crippen LogP contribution in [-0.4, -0.2) is 81.6 Å². The van der Waals surface area contributed by atoms with Gasteiger partial charge in [0, 0.05) is 49.9 Å². The minimum absolute atomic E-state index is 0.0817. The molecule has 0 aliphatic rings. The van der Waals surface area contributed by atoms with Gasteiger partial charge >= 0.3 is 5.97 Å². The number of aliphatic hydroxyl groups excluding tert-OH is 1. The van der Waals surface area contributed by atoms with Gasteiger partial charge in [0.15, 0.2) is 29.4 Å². The van der Waals surface area contributed by atoms with Gasteiger partial charge in [-0.3, -0.25) is 18.7 Å². The van der Waals surface area contributed by atoms with Crippen LogP contribution in [0.25, 0.3) is 17.7 Å². The number of nitrogens with two attached hydrogens (primary N) is 4. The molecule has 4 rings (SSSR count). The molecular formula is C35H41F2N9O8. The van der Waals surface area contributed by atoms with Gasteiger partial charge in [0.25, 0.3) is 5.91 Å². The Kier molecular flexibility index (Phi) is 20.1. The Morgan fingerprint density at radius 1 is 0.852 bits per heavy atom. The number of aliphatic hydroxyl groups is 1. The van der Waals surface area contributed by atoms with Crippen LogP contribution in [0.15, 0.2) is 91.7 Å². The van der Waals surface area contributed by atoms with Crippen LogP contribution in [0, 0.1) is 11.6 Å². The molecule has 0 saturated carbocycles. The molecule has 2 aromatic heterocycles. The summed E-state index contributed by atoms with van der Waals surface area (Å²) in [6, 6.07) is 4.08. The molecule has 0 fully saturated rings. The average Bonchev–Trinajstić information content (AvgIpc) is 3.94. The predicted molar refractivity (Wildman–Crippen MR) is 197 cm³/mol. The zero-order valence-corrected chi connectivity index (χ0v) is 29.3. The van der Waals surface area contributed by atoms with Crippen molar-refractivity contribution in [3.63, 3.8) is 0 Å². The minimum Gasteiger partial charge on any atom is -0.490 e. The third-order valence-electron chi connectivity index (χ3n) is 6.46. The summed E-state index contributed by atoms with van der Waals surface area (Å²) < 4.78 is 43.4. The van der Waals surface area contributed by atoms with Crippen LogP contribution in [0.2, 0.25) is 0 Å². The van der Waals surface area contributed by atoms with Crippen molar-refractivity contribution in [2.75, 3.05) is 32.7 Å². The lowest BCUT2D eigenvalue weighted by Crippen LogP contribution is -2.21. The number of hydrogen-bond acceptors (Lipinski definition) is 13. The lowest BCUT2D eigenvalue weighted by molar-refractivity contribution is -0.112. The number of imidazole rings is 2. The Hall–Kier alpha value is -7.12. The van der Waals surface area contributed by atoms with E-state index in [1.54, 1.807) is 17.0 Å². The first-order chi connectivity index (χ1) is 26.1. The van der Waals surface area contributed by atoms with Crippen LogP contribution < -0.4 is 37.7 Å². The first kappa shape index (κ1) is 44.9. The summed E-state index contributed by atoms with van der Waals surface area (Å²) in [4.78, 5) is 51.6. The van der Waals surface area contributed by atoms with E-state index in [0.717, 1.165) is 25.3 Å². The van der Waals surface area contributed by atoms with E-state index in [1.165, 1.54) is 73.1 Å². The van der Waals surface area contributed by atoms with Gasteiger partial charge in [0.1, 0.15) is 31.1 Å². The number of allylic oxidation sites excluding steroid dienone is 4. The molecule has 0 aliphatic carbocycles. The molecule has 2 heterocycles. The van der Waals surface area contributed by atoms with Crippen molar-refractivity contribution in [2.45, 2.75) is 6.42 Å². The normalized spacial score (nSPS) is 11.2. The first-order valence-electron chi connectivity index (χ1n) is 15.3. The van der Waals surface area contributed by atoms with Crippen molar-refractivity contribution in [1.29, 1.82) is 0 Å².